The predicted octanol–water partition coefficient (Wildman–Crippen LogP) is 2.24. The van der Waals surface area contributed by atoms with Crippen LogP contribution in [0.25, 0.3) is 0 Å². The molecule has 2 unspecified atom stereocenters. The first-order chi connectivity index (χ1) is 8.95. The monoisotopic (exact) mass is 268 g/mol. The second kappa shape index (κ2) is 6.59. The molecule has 0 saturated carbocycles. The largest absolute Gasteiger partial charge is 0.481 e. The molecule has 5 nitrogen and oxygen atoms in total. The van der Waals surface area contributed by atoms with Gasteiger partial charge in [-0.25, -0.2) is 4.79 Å². The van der Waals surface area contributed by atoms with Crippen molar-refractivity contribution in [2.75, 3.05) is 13.1 Å². The molecule has 1 rings (SSSR count). The zero-order chi connectivity index (χ0) is 14.5. The maximum absolute atomic E-state index is 12.0. The summed E-state index contributed by atoms with van der Waals surface area (Å²) in [4.78, 5) is 25.1. The number of carboxylic acid groups (broad SMARTS) is 1. The van der Waals surface area contributed by atoms with E-state index in [-0.39, 0.29) is 12.1 Å². The molecule has 2 N–H and O–H groups in total. The Bertz CT molecular complexity index is 357. The van der Waals surface area contributed by atoms with Crippen LogP contribution in [0.2, 0.25) is 0 Å². The summed E-state index contributed by atoms with van der Waals surface area (Å²) in [5.74, 6) is -0.788. The van der Waals surface area contributed by atoms with Crippen molar-refractivity contribution in [2.24, 2.45) is 5.41 Å². The van der Waals surface area contributed by atoms with Gasteiger partial charge in [-0.2, -0.15) is 0 Å². The number of likely N-dealkylation sites (tertiary alicyclic amines) is 1. The number of nitrogens with one attached hydrogen (secondary N) is 1. The van der Waals surface area contributed by atoms with Crippen LogP contribution in [-0.2, 0) is 4.79 Å². The van der Waals surface area contributed by atoms with Crippen LogP contribution in [0.15, 0.2) is 12.7 Å². The molecule has 0 bridgehead atoms. The number of amides is 2. The number of aliphatic carboxylic acids is 1. The number of urea groups is 1. The van der Waals surface area contributed by atoms with Gasteiger partial charge >= 0.3 is 12.0 Å². The maximum atomic E-state index is 12.0. The highest BCUT2D eigenvalue weighted by Crippen LogP contribution is 2.35. The van der Waals surface area contributed by atoms with Gasteiger partial charge in [-0.3, -0.25) is 4.79 Å². The van der Waals surface area contributed by atoms with Crippen LogP contribution in [0, 0.1) is 5.41 Å². The van der Waals surface area contributed by atoms with Gasteiger partial charge in [0.25, 0.3) is 0 Å². The minimum atomic E-state index is -0.788. The minimum absolute atomic E-state index is 0.0241. The van der Waals surface area contributed by atoms with Crippen molar-refractivity contribution >= 4 is 12.0 Å². The van der Waals surface area contributed by atoms with E-state index in [2.05, 4.69) is 11.9 Å². The van der Waals surface area contributed by atoms with Crippen molar-refractivity contribution in [1.82, 2.24) is 10.2 Å². The standard InChI is InChI=1S/C14H24N2O3/c1-4-6-11(3)15-13(19)16-9-8-14(10-16,7-5-2)12(17)18/h4,11H,1,5-10H2,2-3H3,(H,15,19)(H,17,18). The number of hydrogen-bond acceptors (Lipinski definition) is 2. The van der Waals surface area contributed by atoms with Crippen LogP contribution < -0.4 is 5.32 Å². The summed E-state index contributed by atoms with van der Waals surface area (Å²) in [6.07, 6.45) is 4.44. The van der Waals surface area contributed by atoms with Crippen molar-refractivity contribution in [3.63, 3.8) is 0 Å². The summed E-state index contributed by atoms with van der Waals surface area (Å²) in [5.41, 5.74) is -0.756. The highest BCUT2D eigenvalue weighted by Gasteiger charge is 2.45. The molecular weight excluding hydrogens is 244 g/mol. The van der Waals surface area contributed by atoms with Crippen molar-refractivity contribution in [1.29, 1.82) is 0 Å². The fraction of sp³-hybridized carbons (Fsp3) is 0.714. The predicted molar refractivity (Wildman–Crippen MR) is 74.0 cm³/mol. The third-order valence-electron chi connectivity index (χ3n) is 3.71. The van der Waals surface area contributed by atoms with E-state index in [1.807, 2.05) is 13.8 Å². The molecule has 1 fully saturated rings. The lowest BCUT2D eigenvalue weighted by atomic mass is 9.83. The van der Waals surface area contributed by atoms with Crippen LogP contribution in [0.5, 0.6) is 0 Å². The fourth-order valence-electron chi connectivity index (χ4n) is 2.62. The molecule has 2 amide bonds. The molecule has 0 aromatic heterocycles. The second-order valence-electron chi connectivity index (χ2n) is 5.38. The zero-order valence-electron chi connectivity index (χ0n) is 11.8. The van der Waals surface area contributed by atoms with E-state index >= 15 is 0 Å². The summed E-state index contributed by atoms with van der Waals surface area (Å²) in [5, 5.41) is 12.3. The molecule has 1 heterocycles. The normalized spacial score (nSPS) is 24.0. The van der Waals surface area contributed by atoms with Crippen molar-refractivity contribution in [3.05, 3.63) is 12.7 Å². The lowest BCUT2D eigenvalue weighted by molar-refractivity contribution is -0.148. The number of rotatable bonds is 6. The second-order valence-corrected chi connectivity index (χ2v) is 5.38. The Morgan fingerprint density at radius 2 is 2.26 bits per heavy atom. The number of carbonyl (C=O) groups excluding carboxylic acids is 1. The van der Waals surface area contributed by atoms with Gasteiger partial charge in [0.1, 0.15) is 0 Å². The van der Waals surface area contributed by atoms with Gasteiger partial charge in [0, 0.05) is 19.1 Å². The first-order valence-electron chi connectivity index (χ1n) is 6.85. The first kappa shape index (κ1) is 15.5. The van der Waals surface area contributed by atoms with Gasteiger partial charge in [0.15, 0.2) is 0 Å². The molecule has 108 valence electrons. The van der Waals surface area contributed by atoms with Gasteiger partial charge < -0.3 is 15.3 Å². The third kappa shape index (κ3) is 3.72. The molecule has 0 spiro atoms. The van der Waals surface area contributed by atoms with E-state index in [1.54, 1.807) is 11.0 Å². The Balaban J connectivity index is 2.61. The number of carboxylic acids is 1. The van der Waals surface area contributed by atoms with E-state index in [1.165, 1.54) is 0 Å². The smallest absolute Gasteiger partial charge is 0.317 e. The lowest BCUT2D eigenvalue weighted by Gasteiger charge is -2.25. The Labute approximate surface area is 114 Å². The van der Waals surface area contributed by atoms with Crippen molar-refractivity contribution < 1.29 is 14.7 Å². The molecule has 2 atom stereocenters. The molecule has 0 radical (unpaired) electrons. The zero-order valence-corrected chi connectivity index (χ0v) is 11.8. The molecule has 0 aromatic carbocycles. The maximum Gasteiger partial charge on any atom is 0.317 e. The molecule has 1 saturated heterocycles. The molecule has 1 aliphatic heterocycles. The number of nitrogens with zero attached hydrogens (tertiary/aromatic N) is 1. The van der Waals surface area contributed by atoms with Crippen molar-refractivity contribution in [3.8, 4) is 0 Å². The number of hydrogen-bond donors (Lipinski definition) is 2. The molecule has 19 heavy (non-hydrogen) atoms. The minimum Gasteiger partial charge on any atom is -0.481 e. The van der Waals surface area contributed by atoms with E-state index in [0.29, 0.717) is 32.4 Å². The van der Waals surface area contributed by atoms with Crippen LogP contribution in [0.4, 0.5) is 4.79 Å². The van der Waals surface area contributed by atoms with Gasteiger partial charge in [-0.15, -0.1) is 6.58 Å². The van der Waals surface area contributed by atoms with Crippen LogP contribution in [-0.4, -0.2) is 41.1 Å². The fourth-order valence-corrected chi connectivity index (χ4v) is 2.62. The highest BCUT2D eigenvalue weighted by atomic mass is 16.4. The lowest BCUT2D eigenvalue weighted by Crippen LogP contribution is -2.44. The van der Waals surface area contributed by atoms with E-state index in [4.69, 9.17) is 0 Å². The third-order valence-corrected chi connectivity index (χ3v) is 3.71. The van der Waals surface area contributed by atoms with E-state index < -0.39 is 11.4 Å². The van der Waals surface area contributed by atoms with Gasteiger partial charge in [0.2, 0.25) is 0 Å². The molecule has 0 aliphatic carbocycles. The van der Waals surface area contributed by atoms with Crippen LogP contribution >= 0.6 is 0 Å². The van der Waals surface area contributed by atoms with Gasteiger partial charge in [0.05, 0.1) is 5.41 Å². The average molecular weight is 268 g/mol. The Hall–Kier alpha value is -1.52. The first-order valence-corrected chi connectivity index (χ1v) is 6.85. The summed E-state index contributed by atoms with van der Waals surface area (Å²) in [6.45, 7) is 8.34. The topological polar surface area (TPSA) is 69.6 Å². The Morgan fingerprint density at radius 3 is 2.79 bits per heavy atom. The molecule has 0 aromatic rings. The SMILES string of the molecule is C=CCC(C)NC(=O)N1CCC(CCC)(C(=O)O)C1. The quantitative estimate of drug-likeness (QED) is 0.726. The Morgan fingerprint density at radius 1 is 1.58 bits per heavy atom. The Kier molecular flexibility index (Phi) is 5.39. The average Bonchev–Trinajstić information content (AvgIpc) is 2.75. The van der Waals surface area contributed by atoms with Crippen LogP contribution in [0.1, 0.15) is 39.5 Å². The van der Waals surface area contributed by atoms with E-state index in [0.717, 1.165) is 6.42 Å². The van der Waals surface area contributed by atoms with Gasteiger partial charge in [-0.05, 0) is 26.2 Å². The van der Waals surface area contributed by atoms with Gasteiger partial charge in [-0.1, -0.05) is 19.4 Å². The molecular formula is C14H24N2O3. The summed E-state index contributed by atoms with van der Waals surface area (Å²) in [6, 6.07) is -0.149. The van der Waals surface area contributed by atoms with E-state index in [9.17, 15) is 14.7 Å². The molecule has 5 heteroatoms. The highest BCUT2D eigenvalue weighted by molar-refractivity contribution is 5.79. The van der Waals surface area contributed by atoms with Crippen molar-refractivity contribution in [2.45, 2.75) is 45.6 Å². The van der Waals surface area contributed by atoms with Crippen LogP contribution in [0.3, 0.4) is 0 Å². The summed E-state index contributed by atoms with van der Waals surface area (Å²) >= 11 is 0. The number of carbonyl (C=O) groups is 2. The summed E-state index contributed by atoms with van der Waals surface area (Å²) < 4.78 is 0. The summed E-state index contributed by atoms with van der Waals surface area (Å²) in [7, 11) is 0. The molecule has 1 aliphatic rings.